The fourth-order valence-electron chi connectivity index (χ4n) is 1.48. The molecule has 2 atom stereocenters. The second-order valence-corrected chi connectivity index (χ2v) is 3.59. The van der Waals surface area contributed by atoms with E-state index in [0.717, 1.165) is 19.6 Å². The van der Waals surface area contributed by atoms with Gasteiger partial charge in [0.05, 0.1) is 25.4 Å². The average Bonchev–Trinajstić information content (AvgIpc) is 2.63. The van der Waals surface area contributed by atoms with E-state index in [2.05, 4.69) is 5.32 Å². The molecule has 5 nitrogen and oxygen atoms in total. The Labute approximate surface area is 90.7 Å². The van der Waals surface area contributed by atoms with Gasteiger partial charge in [-0.15, -0.1) is 0 Å². The minimum absolute atomic E-state index is 0.0763. The maximum atomic E-state index is 9.42. The molecule has 0 amide bonds. The topological polar surface area (TPSA) is 60.0 Å². The Bertz CT molecular complexity index is 156. The molecule has 5 heteroatoms. The smallest absolute Gasteiger partial charge is 0.0971 e. The van der Waals surface area contributed by atoms with Crippen molar-refractivity contribution in [3.8, 4) is 0 Å². The summed E-state index contributed by atoms with van der Waals surface area (Å²) in [6.45, 7) is 3.89. The largest absolute Gasteiger partial charge is 0.389 e. The van der Waals surface area contributed by atoms with Crippen molar-refractivity contribution in [2.45, 2.75) is 18.6 Å². The second kappa shape index (κ2) is 8.01. The highest BCUT2D eigenvalue weighted by atomic mass is 16.5. The van der Waals surface area contributed by atoms with E-state index in [0.29, 0.717) is 26.4 Å². The van der Waals surface area contributed by atoms with Crippen molar-refractivity contribution in [2.24, 2.45) is 0 Å². The van der Waals surface area contributed by atoms with Crippen LogP contribution in [0.25, 0.3) is 0 Å². The lowest BCUT2D eigenvalue weighted by molar-refractivity contribution is -0.0340. The van der Waals surface area contributed by atoms with Crippen molar-refractivity contribution in [1.82, 2.24) is 5.32 Å². The van der Waals surface area contributed by atoms with E-state index in [1.165, 1.54) is 0 Å². The van der Waals surface area contributed by atoms with Crippen LogP contribution in [0.15, 0.2) is 0 Å². The number of ether oxygens (including phenoxy) is 3. The monoisotopic (exact) mass is 219 g/mol. The third kappa shape index (κ3) is 5.44. The molecule has 0 spiro atoms. The summed E-state index contributed by atoms with van der Waals surface area (Å²) in [6, 6.07) is 0. The van der Waals surface area contributed by atoms with E-state index in [-0.39, 0.29) is 12.2 Å². The summed E-state index contributed by atoms with van der Waals surface area (Å²) in [7, 11) is 1.68. The number of aliphatic hydroxyl groups is 1. The van der Waals surface area contributed by atoms with Crippen LogP contribution in [0, 0.1) is 0 Å². The first kappa shape index (κ1) is 12.9. The molecule has 1 heterocycles. The summed E-state index contributed by atoms with van der Waals surface area (Å²) in [4.78, 5) is 0. The SMILES string of the molecule is COCCCOCCOC1CNCC1O. The van der Waals surface area contributed by atoms with Gasteiger partial charge in [0.15, 0.2) is 0 Å². The molecule has 1 saturated heterocycles. The Hall–Kier alpha value is -0.200. The predicted octanol–water partition coefficient (Wildman–Crippen LogP) is -0.611. The number of aliphatic hydroxyl groups excluding tert-OH is 1. The minimum atomic E-state index is -0.376. The molecule has 2 N–H and O–H groups in total. The summed E-state index contributed by atoms with van der Waals surface area (Å²) in [6.07, 6.45) is 0.454. The highest BCUT2D eigenvalue weighted by Gasteiger charge is 2.24. The summed E-state index contributed by atoms with van der Waals surface area (Å²) in [5.74, 6) is 0. The van der Waals surface area contributed by atoms with Crippen molar-refractivity contribution < 1.29 is 19.3 Å². The third-order valence-electron chi connectivity index (χ3n) is 2.32. The van der Waals surface area contributed by atoms with Gasteiger partial charge in [0.25, 0.3) is 0 Å². The summed E-state index contributed by atoms with van der Waals surface area (Å²) < 4.78 is 15.7. The number of hydrogen-bond acceptors (Lipinski definition) is 5. The number of hydrogen-bond donors (Lipinski definition) is 2. The van der Waals surface area contributed by atoms with Crippen LogP contribution in [-0.4, -0.2) is 63.9 Å². The lowest BCUT2D eigenvalue weighted by Gasteiger charge is -2.14. The van der Waals surface area contributed by atoms with Crippen LogP contribution < -0.4 is 5.32 Å². The van der Waals surface area contributed by atoms with Gasteiger partial charge >= 0.3 is 0 Å². The highest BCUT2D eigenvalue weighted by molar-refractivity contribution is 4.80. The maximum absolute atomic E-state index is 9.42. The van der Waals surface area contributed by atoms with Crippen LogP contribution in [0.1, 0.15) is 6.42 Å². The lowest BCUT2D eigenvalue weighted by Crippen LogP contribution is -2.28. The molecule has 0 aliphatic carbocycles. The summed E-state index contributed by atoms with van der Waals surface area (Å²) in [5, 5.41) is 12.5. The van der Waals surface area contributed by atoms with Gasteiger partial charge in [-0.3, -0.25) is 0 Å². The number of nitrogens with one attached hydrogen (secondary N) is 1. The molecule has 0 aromatic heterocycles. The third-order valence-corrected chi connectivity index (χ3v) is 2.32. The zero-order valence-corrected chi connectivity index (χ0v) is 9.28. The van der Waals surface area contributed by atoms with Crippen molar-refractivity contribution >= 4 is 0 Å². The molecule has 0 aromatic carbocycles. The number of β-amino-alcohol motifs (C(OH)–C–C–N with tert-alkyl or cyclic N) is 1. The van der Waals surface area contributed by atoms with E-state index < -0.39 is 0 Å². The molecule has 1 fully saturated rings. The van der Waals surface area contributed by atoms with Gasteiger partial charge in [-0.1, -0.05) is 0 Å². The zero-order valence-electron chi connectivity index (χ0n) is 9.28. The van der Waals surface area contributed by atoms with Gasteiger partial charge in [-0.05, 0) is 6.42 Å². The van der Waals surface area contributed by atoms with Crippen LogP contribution in [-0.2, 0) is 14.2 Å². The molecule has 0 radical (unpaired) electrons. The average molecular weight is 219 g/mol. The fourth-order valence-corrected chi connectivity index (χ4v) is 1.48. The molecule has 0 bridgehead atoms. The Morgan fingerprint density at radius 3 is 2.73 bits per heavy atom. The first-order valence-electron chi connectivity index (χ1n) is 5.41. The van der Waals surface area contributed by atoms with Crippen LogP contribution >= 0.6 is 0 Å². The normalized spacial score (nSPS) is 26.0. The molecule has 1 aliphatic rings. The summed E-state index contributed by atoms with van der Waals surface area (Å²) in [5.41, 5.74) is 0. The van der Waals surface area contributed by atoms with Crippen LogP contribution in [0.3, 0.4) is 0 Å². The van der Waals surface area contributed by atoms with Crippen molar-refractivity contribution in [2.75, 3.05) is 46.6 Å². The molecule has 0 aromatic rings. The first-order valence-corrected chi connectivity index (χ1v) is 5.41. The van der Waals surface area contributed by atoms with Crippen molar-refractivity contribution in [3.05, 3.63) is 0 Å². The van der Waals surface area contributed by atoms with Crippen molar-refractivity contribution in [3.63, 3.8) is 0 Å². The van der Waals surface area contributed by atoms with Gasteiger partial charge in [-0.25, -0.2) is 0 Å². The quantitative estimate of drug-likeness (QED) is 0.533. The Morgan fingerprint density at radius 2 is 2.07 bits per heavy atom. The fraction of sp³-hybridized carbons (Fsp3) is 1.00. The van der Waals surface area contributed by atoms with Crippen LogP contribution in [0.5, 0.6) is 0 Å². The summed E-state index contributed by atoms with van der Waals surface area (Å²) >= 11 is 0. The second-order valence-electron chi connectivity index (χ2n) is 3.59. The molecule has 1 aliphatic heterocycles. The van der Waals surface area contributed by atoms with Gasteiger partial charge in [-0.2, -0.15) is 0 Å². The molecular weight excluding hydrogens is 198 g/mol. The molecule has 2 unspecified atom stereocenters. The first-order chi connectivity index (χ1) is 7.34. The van der Waals surface area contributed by atoms with Crippen LogP contribution in [0.4, 0.5) is 0 Å². The molecule has 90 valence electrons. The Morgan fingerprint density at radius 1 is 1.20 bits per heavy atom. The number of rotatable bonds is 8. The highest BCUT2D eigenvalue weighted by Crippen LogP contribution is 2.03. The molecule has 15 heavy (non-hydrogen) atoms. The zero-order chi connectivity index (χ0) is 10.9. The molecule has 1 rings (SSSR count). The number of methoxy groups -OCH3 is 1. The van der Waals surface area contributed by atoms with Gasteiger partial charge in [0.1, 0.15) is 0 Å². The maximum Gasteiger partial charge on any atom is 0.0971 e. The molecule has 0 saturated carbocycles. The standard InChI is InChI=1S/C10H21NO4/c1-13-3-2-4-14-5-6-15-10-8-11-7-9(10)12/h9-12H,2-8H2,1H3. The predicted molar refractivity (Wildman–Crippen MR) is 55.9 cm³/mol. The van der Waals surface area contributed by atoms with Crippen molar-refractivity contribution in [1.29, 1.82) is 0 Å². The minimum Gasteiger partial charge on any atom is -0.389 e. The van der Waals surface area contributed by atoms with Crippen LogP contribution in [0.2, 0.25) is 0 Å². The Balaban J connectivity index is 1.84. The Kier molecular flexibility index (Phi) is 6.87. The van der Waals surface area contributed by atoms with E-state index >= 15 is 0 Å². The molecular formula is C10H21NO4. The lowest BCUT2D eigenvalue weighted by atomic mass is 10.3. The van der Waals surface area contributed by atoms with Gasteiger partial charge < -0.3 is 24.6 Å². The van der Waals surface area contributed by atoms with Gasteiger partial charge in [0.2, 0.25) is 0 Å². The van der Waals surface area contributed by atoms with E-state index in [9.17, 15) is 5.11 Å². The van der Waals surface area contributed by atoms with E-state index in [1.54, 1.807) is 7.11 Å². The van der Waals surface area contributed by atoms with Gasteiger partial charge in [0, 0.05) is 33.4 Å². The van der Waals surface area contributed by atoms with E-state index in [1.807, 2.05) is 0 Å². The van der Waals surface area contributed by atoms with E-state index in [4.69, 9.17) is 14.2 Å².